The van der Waals surface area contributed by atoms with E-state index in [4.69, 9.17) is 0 Å². The van der Waals surface area contributed by atoms with E-state index in [0.717, 1.165) is 18.7 Å². The van der Waals surface area contributed by atoms with Crippen molar-refractivity contribution in [2.75, 3.05) is 24.5 Å². The minimum Gasteiger partial charge on any atom is -0.366 e. The van der Waals surface area contributed by atoms with Crippen molar-refractivity contribution in [3.05, 3.63) is 29.6 Å². The number of piperidine rings is 1. The first kappa shape index (κ1) is 12.9. The Hall–Kier alpha value is -1.09. The Labute approximate surface area is 115 Å². The van der Waals surface area contributed by atoms with Gasteiger partial charge in [0.05, 0.1) is 0 Å². The molecule has 2 heterocycles. The van der Waals surface area contributed by atoms with Crippen LogP contribution >= 0.6 is 0 Å². The van der Waals surface area contributed by atoms with Crippen molar-refractivity contribution in [2.45, 2.75) is 45.2 Å². The van der Waals surface area contributed by atoms with E-state index in [-0.39, 0.29) is 5.82 Å². The molecule has 0 N–H and O–H groups in total. The van der Waals surface area contributed by atoms with Crippen molar-refractivity contribution in [1.82, 2.24) is 4.90 Å². The summed E-state index contributed by atoms with van der Waals surface area (Å²) in [6.45, 7) is 7.61. The standard InChI is InChI=1S/C16H23FN2/c1-12-9-14(6-7-16(12)17)19-11-15-5-3-4-8-18(15)10-13(19)2/h6-7,9,13,15H,3-5,8,10-11H2,1-2H3. The Morgan fingerprint density at radius 1 is 1.21 bits per heavy atom. The molecular weight excluding hydrogens is 239 g/mol. The molecule has 0 aromatic heterocycles. The van der Waals surface area contributed by atoms with Gasteiger partial charge in [-0.2, -0.15) is 0 Å². The summed E-state index contributed by atoms with van der Waals surface area (Å²) in [7, 11) is 0. The molecule has 3 rings (SSSR count). The molecule has 2 nitrogen and oxygen atoms in total. The van der Waals surface area contributed by atoms with Gasteiger partial charge in [-0.1, -0.05) is 6.42 Å². The van der Waals surface area contributed by atoms with E-state index in [1.54, 1.807) is 6.07 Å². The Bertz CT molecular complexity index is 460. The molecule has 0 saturated carbocycles. The third-order valence-electron chi connectivity index (χ3n) is 4.66. The summed E-state index contributed by atoms with van der Waals surface area (Å²) in [5.74, 6) is -0.104. The fraction of sp³-hybridized carbons (Fsp3) is 0.625. The van der Waals surface area contributed by atoms with Gasteiger partial charge in [0, 0.05) is 30.9 Å². The van der Waals surface area contributed by atoms with E-state index in [1.165, 1.54) is 31.5 Å². The van der Waals surface area contributed by atoms with Crippen LogP contribution in [0.25, 0.3) is 0 Å². The molecule has 2 unspecified atom stereocenters. The summed E-state index contributed by atoms with van der Waals surface area (Å²) in [6.07, 6.45) is 4.01. The minimum absolute atomic E-state index is 0.104. The predicted molar refractivity (Wildman–Crippen MR) is 77.2 cm³/mol. The number of aryl methyl sites for hydroxylation is 1. The predicted octanol–water partition coefficient (Wildman–Crippen LogP) is 3.20. The molecular formula is C16H23FN2. The zero-order valence-corrected chi connectivity index (χ0v) is 11.9. The number of hydrogen-bond acceptors (Lipinski definition) is 2. The van der Waals surface area contributed by atoms with E-state index in [2.05, 4.69) is 16.7 Å². The van der Waals surface area contributed by atoms with Gasteiger partial charge >= 0.3 is 0 Å². The Kier molecular flexibility index (Phi) is 3.48. The lowest BCUT2D eigenvalue weighted by Crippen LogP contribution is -2.58. The molecule has 1 aromatic carbocycles. The van der Waals surface area contributed by atoms with Crippen LogP contribution in [0.2, 0.25) is 0 Å². The Balaban J connectivity index is 1.81. The first-order chi connectivity index (χ1) is 9.15. The van der Waals surface area contributed by atoms with Crippen molar-refractivity contribution in [3.63, 3.8) is 0 Å². The SMILES string of the molecule is Cc1cc(N2CC3CCCCN3CC2C)ccc1F. The van der Waals surface area contributed by atoms with Crippen LogP contribution in [-0.2, 0) is 0 Å². The molecule has 0 radical (unpaired) electrons. The van der Waals surface area contributed by atoms with Crippen molar-refractivity contribution in [3.8, 4) is 0 Å². The number of anilines is 1. The van der Waals surface area contributed by atoms with Crippen LogP contribution in [-0.4, -0.2) is 36.6 Å². The highest BCUT2D eigenvalue weighted by Crippen LogP contribution is 2.28. The minimum atomic E-state index is -0.104. The number of piperazine rings is 1. The van der Waals surface area contributed by atoms with Crippen LogP contribution in [0.5, 0.6) is 0 Å². The van der Waals surface area contributed by atoms with Gasteiger partial charge in [-0.3, -0.25) is 4.90 Å². The third kappa shape index (κ3) is 2.48. The molecule has 2 aliphatic rings. The van der Waals surface area contributed by atoms with E-state index in [9.17, 15) is 4.39 Å². The van der Waals surface area contributed by atoms with Crippen molar-refractivity contribution < 1.29 is 4.39 Å². The number of benzene rings is 1. The number of hydrogen-bond donors (Lipinski definition) is 0. The van der Waals surface area contributed by atoms with Crippen molar-refractivity contribution in [2.24, 2.45) is 0 Å². The highest BCUT2D eigenvalue weighted by molar-refractivity contribution is 5.50. The Morgan fingerprint density at radius 2 is 2.05 bits per heavy atom. The molecule has 2 aliphatic heterocycles. The van der Waals surface area contributed by atoms with Crippen LogP contribution in [0, 0.1) is 12.7 Å². The van der Waals surface area contributed by atoms with Gasteiger partial charge in [0.2, 0.25) is 0 Å². The third-order valence-corrected chi connectivity index (χ3v) is 4.66. The molecule has 0 spiro atoms. The number of rotatable bonds is 1. The van der Waals surface area contributed by atoms with Gasteiger partial charge in [-0.05, 0) is 57.0 Å². The first-order valence-electron chi connectivity index (χ1n) is 7.42. The largest absolute Gasteiger partial charge is 0.366 e. The van der Waals surface area contributed by atoms with Crippen LogP contribution < -0.4 is 4.90 Å². The van der Waals surface area contributed by atoms with Gasteiger partial charge in [0.15, 0.2) is 0 Å². The molecule has 0 amide bonds. The fourth-order valence-electron chi connectivity index (χ4n) is 3.52. The summed E-state index contributed by atoms with van der Waals surface area (Å²) < 4.78 is 13.4. The second-order valence-electron chi connectivity index (χ2n) is 6.08. The fourth-order valence-corrected chi connectivity index (χ4v) is 3.52. The average Bonchev–Trinajstić information content (AvgIpc) is 2.41. The van der Waals surface area contributed by atoms with Crippen LogP contribution in [0.4, 0.5) is 10.1 Å². The van der Waals surface area contributed by atoms with Gasteiger partial charge in [0.25, 0.3) is 0 Å². The molecule has 2 atom stereocenters. The van der Waals surface area contributed by atoms with Gasteiger partial charge in [-0.15, -0.1) is 0 Å². The van der Waals surface area contributed by atoms with E-state index in [1.807, 2.05) is 19.1 Å². The maximum atomic E-state index is 13.4. The average molecular weight is 262 g/mol. The van der Waals surface area contributed by atoms with Gasteiger partial charge < -0.3 is 4.90 Å². The second-order valence-corrected chi connectivity index (χ2v) is 6.08. The van der Waals surface area contributed by atoms with E-state index < -0.39 is 0 Å². The Morgan fingerprint density at radius 3 is 2.84 bits per heavy atom. The van der Waals surface area contributed by atoms with Crippen LogP contribution in [0.1, 0.15) is 31.7 Å². The summed E-state index contributed by atoms with van der Waals surface area (Å²) in [5.41, 5.74) is 1.92. The summed E-state index contributed by atoms with van der Waals surface area (Å²) in [5, 5.41) is 0. The summed E-state index contributed by atoms with van der Waals surface area (Å²) in [4.78, 5) is 5.10. The normalized spacial score (nSPS) is 28.3. The monoisotopic (exact) mass is 262 g/mol. The van der Waals surface area contributed by atoms with Crippen molar-refractivity contribution in [1.29, 1.82) is 0 Å². The molecule has 1 aromatic rings. The lowest BCUT2D eigenvalue weighted by atomic mass is 9.96. The second kappa shape index (κ2) is 5.12. The maximum absolute atomic E-state index is 13.4. The molecule has 2 fully saturated rings. The summed E-state index contributed by atoms with van der Waals surface area (Å²) in [6, 6.07) is 6.72. The highest BCUT2D eigenvalue weighted by Gasteiger charge is 2.32. The molecule has 2 saturated heterocycles. The molecule has 3 heteroatoms. The number of halogens is 1. The zero-order valence-electron chi connectivity index (χ0n) is 11.9. The topological polar surface area (TPSA) is 6.48 Å². The number of fused-ring (bicyclic) bond motifs is 1. The number of nitrogens with zero attached hydrogens (tertiary/aromatic N) is 2. The lowest BCUT2D eigenvalue weighted by Gasteiger charge is -2.48. The lowest BCUT2D eigenvalue weighted by molar-refractivity contribution is 0.115. The van der Waals surface area contributed by atoms with Crippen LogP contribution in [0.15, 0.2) is 18.2 Å². The highest BCUT2D eigenvalue weighted by atomic mass is 19.1. The smallest absolute Gasteiger partial charge is 0.126 e. The van der Waals surface area contributed by atoms with Crippen molar-refractivity contribution >= 4 is 5.69 Å². The quantitative estimate of drug-likeness (QED) is 0.767. The molecule has 0 bridgehead atoms. The summed E-state index contributed by atoms with van der Waals surface area (Å²) >= 11 is 0. The molecule has 0 aliphatic carbocycles. The first-order valence-corrected chi connectivity index (χ1v) is 7.42. The van der Waals surface area contributed by atoms with Gasteiger partial charge in [-0.25, -0.2) is 4.39 Å². The van der Waals surface area contributed by atoms with Crippen LogP contribution in [0.3, 0.4) is 0 Å². The van der Waals surface area contributed by atoms with E-state index in [0.29, 0.717) is 12.1 Å². The molecule has 104 valence electrons. The van der Waals surface area contributed by atoms with Gasteiger partial charge in [0.1, 0.15) is 5.82 Å². The maximum Gasteiger partial charge on any atom is 0.126 e. The zero-order chi connectivity index (χ0) is 13.4. The van der Waals surface area contributed by atoms with E-state index >= 15 is 0 Å². The molecule has 19 heavy (non-hydrogen) atoms.